The molecule has 0 aliphatic carbocycles. The molecule has 1 aromatic heterocycles. The molecule has 2 heterocycles. The Morgan fingerprint density at radius 2 is 1.57 bits per heavy atom. The van der Waals surface area contributed by atoms with Gasteiger partial charge in [-0.2, -0.15) is 0 Å². The molecule has 0 radical (unpaired) electrons. The van der Waals surface area contributed by atoms with Crippen molar-refractivity contribution in [3.8, 4) is 0 Å². The number of aromatic nitrogens is 1. The first-order valence-electron chi connectivity index (χ1n) is 9.31. The minimum absolute atomic E-state index is 0.0116. The summed E-state index contributed by atoms with van der Waals surface area (Å²) < 4.78 is 28.1. The Labute approximate surface area is 164 Å². The van der Waals surface area contributed by atoms with Crippen LogP contribution in [0.1, 0.15) is 0 Å². The monoisotopic (exact) mass is 397 g/mol. The SMILES string of the molecule is CN1CCN(C(=O)Cn2cc(S(=O)(=O)c3ccccc3)c3ccccc32)CC1. The Balaban J connectivity index is 1.70. The zero-order valence-corrected chi connectivity index (χ0v) is 16.6. The number of nitrogens with zero attached hydrogens (tertiary/aromatic N) is 3. The molecule has 4 rings (SSSR count). The number of rotatable bonds is 4. The molecule has 1 amide bonds. The Bertz CT molecular complexity index is 1100. The van der Waals surface area contributed by atoms with Crippen LogP contribution in [0.2, 0.25) is 0 Å². The fourth-order valence-electron chi connectivity index (χ4n) is 3.59. The van der Waals surface area contributed by atoms with Gasteiger partial charge in [0.15, 0.2) is 0 Å². The molecule has 1 aliphatic rings. The lowest BCUT2D eigenvalue weighted by Crippen LogP contribution is -2.48. The maximum absolute atomic E-state index is 13.2. The Morgan fingerprint density at radius 3 is 2.29 bits per heavy atom. The highest BCUT2D eigenvalue weighted by Crippen LogP contribution is 2.30. The fraction of sp³-hybridized carbons (Fsp3) is 0.286. The number of benzene rings is 2. The molecule has 3 aromatic rings. The minimum Gasteiger partial charge on any atom is -0.339 e. The van der Waals surface area contributed by atoms with Crippen molar-refractivity contribution in [2.75, 3.05) is 33.2 Å². The van der Waals surface area contributed by atoms with Crippen LogP contribution in [0.5, 0.6) is 0 Å². The number of hydrogen-bond acceptors (Lipinski definition) is 4. The molecule has 7 heteroatoms. The summed E-state index contributed by atoms with van der Waals surface area (Å²) in [5.41, 5.74) is 0.750. The summed E-state index contributed by atoms with van der Waals surface area (Å²) in [4.78, 5) is 17.3. The second-order valence-corrected chi connectivity index (χ2v) is 9.06. The molecule has 2 aromatic carbocycles. The zero-order valence-electron chi connectivity index (χ0n) is 15.8. The van der Waals surface area contributed by atoms with E-state index in [1.165, 1.54) is 0 Å². The third kappa shape index (κ3) is 3.43. The van der Waals surface area contributed by atoms with Crippen LogP contribution in [0.15, 0.2) is 70.6 Å². The second kappa shape index (κ2) is 7.41. The van der Waals surface area contributed by atoms with Gasteiger partial charge in [-0.15, -0.1) is 0 Å². The molecule has 1 saturated heterocycles. The number of piperazine rings is 1. The van der Waals surface area contributed by atoms with Crippen molar-refractivity contribution in [3.05, 3.63) is 60.8 Å². The van der Waals surface area contributed by atoms with Crippen molar-refractivity contribution in [2.45, 2.75) is 16.3 Å². The van der Waals surface area contributed by atoms with Gasteiger partial charge < -0.3 is 14.4 Å². The maximum Gasteiger partial charge on any atom is 0.242 e. The van der Waals surface area contributed by atoms with Crippen LogP contribution < -0.4 is 0 Å². The number of likely N-dealkylation sites (N-methyl/N-ethyl adjacent to an activating group) is 1. The summed E-state index contributed by atoms with van der Waals surface area (Å²) in [5.74, 6) is 0.0116. The number of sulfone groups is 1. The minimum atomic E-state index is -3.67. The van der Waals surface area contributed by atoms with Crippen molar-refractivity contribution in [1.29, 1.82) is 0 Å². The topological polar surface area (TPSA) is 62.6 Å². The predicted octanol–water partition coefficient (Wildman–Crippen LogP) is 2.25. The first-order chi connectivity index (χ1) is 13.5. The van der Waals surface area contributed by atoms with E-state index in [1.807, 2.05) is 30.1 Å². The first-order valence-corrected chi connectivity index (χ1v) is 10.8. The van der Waals surface area contributed by atoms with E-state index in [4.69, 9.17) is 0 Å². The maximum atomic E-state index is 13.2. The molecule has 0 atom stereocenters. The number of amides is 1. The predicted molar refractivity (Wildman–Crippen MR) is 108 cm³/mol. The number of fused-ring (bicyclic) bond motifs is 1. The summed E-state index contributed by atoms with van der Waals surface area (Å²) in [6, 6.07) is 15.7. The van der Waals surface area contributed by atoms with Crippen molar-refractivity contribution in [1.82, 2.24) is 14.4 Å². The van der Waals surface area contributed by atoms with Crippen molar-refractivity contribution >= 4 is 26.6 Å². The third-order valence-electron chi connectivity index (χ3n) is 5.26. The number of carbonyl (C=O) groups is 1. The van der Waals surface area contributed by atoms with E-state index in [0.717, 1.165) is 18.6 Å². The van der Waals surface area contributed by atoms with Crippen LogP contribution in [0, 0.1) is 0 Å². The van der Waals surface area contributed by atoms with Gasteiger partial charge in [0, 0.05) is 43.3 Å². The summed E-state index contributed by atoms with van der Waals surface area (Å²) in [5, 5.41) is 0.637. The average Bonchev–Trinajstić information content (AvgIpc) is 3.08. The van der Waals surface area contributed by atoms with Gasteiger partial charge in [-0.1, -0.05) is 36.4 Å². The Morgan fingerprint density at radius 1 is 0.929 bits per heavy atom. The van der Waals surface area contributed by atoms with E-state index in [-0.39, 0.29) is 22.2 Å². The van der Waals surface area contributed by atoms with Crippen LogP contribution >= 0.6 is 0 Å². The molecule has 1 aliphatic heterocycles. The third-order valence-corrected chi connectivity index (χ3v) is 7.05. The highest BCUT2D eigenvalue weighted by Gasteiger charge is 2.25. The zero-order chi connectivity index (χ0) is 19.7. The summed E-state index contributed by atoms with van der Waals surface area (Å²) >= 11 is 0. The van der Waals surface area contributed by atoms with Crippen LogP contribution in [0.3, 0.4) is 0 Å². The van der Waals surface area contributed by atoms with Crippen LogP contribution in [0.4, 0.5) is 0 Å². The lowest BCUT2D eigenvalue weighted by atomic mass is 10.2. The van der Waals surface area contributed by atoms with E-state index >= 15 is 0 Å². The van der Waals surface area contributed by atoms with Gasteiger partial charge in [0.1, 0.15) is 6.54 Å². The number of carbonyl (C=O) groups excluding carboxylic acids is 1. The van der Waals surface area contributed by atoms with Crippen molar-refractivity contribution in [3.63, 3.8) is 0 Å². The van der Waals surface area contributed by atoms with Gasteiger partial charge in [-0.25, -0.2) is 8.42 Å². The molecule has 0 spiro atoms. The van der Waals surface area contributed by atoms with Gasteiger partial charge in [-0.05, 0) is 25.2 Å². The fourth-order valence-corrected chi connectivity index (χ4v) is 5.08. The van der Waals surface area contributed by atoms with Gasteiger partial charge in [0.25, 0.3) is 0 Å². The molecular formula is C21H23N3O3S. The molecule has 0 bridgehead atoms. The van der Waals surface area contributed by atoms with E-state index in [0.29, 0.717) is 18.5 Å². The van der Waals surface area contributed by atoms with Crippen molar-refractivity contribution in [2.24, 2.45) is 0 Å². The molecule has 0 saturated carbocycles. The molecule has 6 nitrogen and oxygen atoms in total. The van der Waals surface area contributed by atoms with Crippen LogP contribution in [0.25, 0.3) is 10.9 Å². The van der Waals surface area contributed by atoms with E-state index < -0.39 is 9.84 Å². The largest absolute Gasteiger partial charge is 0.339 e. The first kappa shape index (κ1) is 18.7. The van der Waals surface area contributed by atoms with E-state index in [2.05, 4.69) is 4.90 Å². The highest BCUT2D eigenvalue weighted by atomic mass is 32.2. The normalized spacial score (nSPS) is 15.8. The molecule has 0 unspecified atom stereocenters. The quantitative estimate of drug-likeness (QED) is 0.677. The van der Waals surface area contributed by atoms with Crippen LogP contribution in [-0.2, 0) is 21.2 Å². The van der Waals surface area contributed by atoms with Gasteiger partial charge in [-0.3, -0.25) is 4.79 Å². The highest BCUT2D eigenvalue weighted by molar-refractivity contribution is 7.91. The number of para-hydroxylation sites is 1. The molecule has 1 fully saturated rings. The van der Waals surface area contributed by atoms with E-state index in [1.54, 1.807) is 47.2 Å². The lowest BCUT2D eigenvalue weighted by molar-refractivity contribution is -0.133. The Hall–Kier alpha value is -2.64. The van der Waals surface area contributed by atoms with Crippen molar-refractivity contribution < 1.29 is 13.2 Å². The van der Waals surface area contributed by atoms with Gasteiger partial charge in [0.05, 0.1) is 9.79 Å². The van der Waals surface area contributed by atoms with Gasteiger partial charge in [0.2, 0.25) is 15.7 Å². The molecular weight excluding hydrogens is 374 g/mol. The molecule has 146 valence electrons. The summed E-state index contributed by atoms with van der Waals surface area (Å²) in [6.07, 6.45) is 1.60. The van der Waals surface area contributed by atoms with E-state index in [9.17, 15) is 13.2 Å². The second-order valence-electron chi connectivity index (χ2n) is 7.14. The standard InChI is InChI=1S/C21H23N3O3S/c1-22-11-13-23(14-12-22)21(25)16-24-15-20(18-9-5-6-10-19(18)24)28(26,27)17-7-3-2-4-8-17/h2-10,15H,11-14,16H2,1H3. The molecule has 28 heavy (non-hydrogen) atoms. The average molecular weight is 398 g/mol. The molecule has 0 N–H and O–H groups in total. The Kier molecular flexibility index (Phi) is 4.95. The summed E-state index contributed by atoms with van der Waals surface area (Å²) in [7, 11) is -1.62. The smallest absolute Gasteiger partial charge is 0.242 e. The van der Waals surface area contributed by atoms with Gasteiger partial charge >= 0.3 is 0 Å². The van der Waals surface area contributed by atoms with Crippen LogP contribution in [-0.4, -0.2) is 61.9 Å². The lowest BCUT2D eigenvalue weighted by Gasteiger charge is -2.32. The summed E-state index contributed by atoms with van der Waals surface area (Å²) in [6.45, 7) is 3.24. The number of hydrogen-bond donors (Lipinski definition) is 0.